The number of carbonyl (C=O) groups excluding carboxylic acids is 1. The number of halogens is 1. The molecular weight excluding hydrogens is 318 g/mol. The Kier molecular flexibility index (Phi) is 4.47. The minimum atomic E-state index is -0.0216. The Bertz CT molecular complexity index is 679. The fourth-order valence-corrected chi connectivity index (χ4v) is 3.60. The molecule has 0 spiro atoms. The summed E-state index contributed by atoms with van der Waals surface area (Å²) in [6.45, 7) is 5.54. The van der Waals surface area contributed by atoms with Gasteiger partial charge >= 0.3 is 0 Å². The summed E-state index contributed by atoms with van der Waals surface area (Å²) in [5, 5.41) is 7.87. The summed E-state index contributed by atoms with van der Waals surface area (Å²) < 4.78 is 0. The number of nitrogens with one attached hydrogen (secondary N) is 2. The Morgan fingerprint density at radius 1 is 1.41 bits per heavy atom. The number of thiazole rings is 1. The highest BCUT2D eigenvalue weighted by molar-refractivity contribution is 7.15. The molecule has 0 aliphatic carbocycles. The van der Waals surface area contributed by atoms with Gasteiger partial charge in [0, 0.05) is 23.7 Å². The molecule has 1 aliphatic rings. The molecule has 1 aromatic carbocycles. The molecule has 4 nitrogen and oxygen atoms in total. The molecule has 1 amide bonds. The summed E-state index contributed by atoms with van der Waals surface area (Å²) in [5.41, 5.74) is 2.01. The average Bonchev–Trinajstić information content (AvgIpc) is 2.79. The molecular formula is C16H18ClN3OS. The standard InChI is InChI=1S/C16H18ClN3OS/c1-9(19-15(21)12-7-18-8-12)14-10(2)20-16(22-14)11-3-5-13(17)6-4-11/h3-6,9,12,18H,7-8H2,1-2H3,(H,19,21). The van der Waals surface area contributed by atoms with E-state index in [9.17, 15) is 4.79 Å². The van der Waals surface area contributed by atoms with E-state index in [0.29, 0.717) is 5.02 Å². The summed E-state index contributed by atoms with van der Waals surface area (Å²) in [5.74, 6) is 0.221. The number of aryl methyl sites for hydroxylation is 1. The van der Waals surface area contributed by atoms with Gasteiger partial charge in [-0.15, -0.1) is 11.3 Å². The highest BCUT2D eigenvalue weighted by atomic mass is 35.5. The van der Waals surface area contributed by atoms with Crippen molar-refractivity contribution < 1.29 is 4.79 Å². The van der Waals surface area contributed by atoms with Crippen molar-refractivity contribution in [3.8, 4) is 10.6 Å². The van der Waals surface area contributed by atoms with Gasteiger partial charge in [-0.2, -0.15) is 0 Å². The molecule has 6 heteroatoms. The fourth-order valence-electron chi connectivity index (χ4n) is 2.40. The Labute approximate surface area is 138 Å². The topological polar surface area (TPSA) is 54.0 Å². The van der Waals surface area contributed by atoms with Crippen LogP contribution in [0.3, 0.4) is 0 Å². The first kappa shape index (κ1) is 15.5. The minimum absolute atomic E-state index is 0.0216. The first-order chi connectivity index (χ1) is 10.5. The second-order valence-electron chi connectivity index (χ2n) is 5.56. The van der Waals surface area contributed by atoms with Crippen LogP contribution in [-0.4, -0.2) is 24.0 Å². The molecule has 1 aliphatic heterocycles. The van der Waals surface area contributed by atoms with Crippen LogP contribution in [0.25, 0.3) is 10.6 Å². The molecule has 0 saturated carbocycles. The van der Waals surface area contributed by atoms with Gasteiger partial charge in [-0.05, 0) is 26.0 Å². The number of nitrogens with zero attached hydrogens (tertiary/aromatic N) is 1. The van der Waals surface area contributed by atoms with E-state index in [1.807, 2.05) is 38.1 Å². The van der Waals surface area contributed by atoms with E-state index in [0.717, 1.165) is 34.2 Å². The van der Waals surface area contributed by atoms with Crippen LogP contribution in [0.4, 0.5) is 0 Å². The third-order valence-corrected chi connectivity index (χ3v) is 5.47. The highest BCUT2D eigenvalue weighted by Crippen LogP contribution is 2.32. The predicted octanol–water partition coefficient (Wildman–Crippen LogP) is 3.17. The van der Waals surface area contributed by atoms with Crippen LogP contribution in [0.5, 0.6) is 0 Å². The van der Waals surface area contributed by atoms with Crippen LogP contribution < -0.4 is 10.6 Å². The molecule has 1 saturated heterocycles. The molecule has 2 N–H and O–H groups in total. The van der Waals surface area contributed by atoms with Crippen molar-refractivity contribution in [3.63, 3.8) is 0 Å². The molecule has 1 atom stereocenters. The summed E-state index contributed by atoms with van der Waals surface area (Å²) in [4.78, 5) is 17.8. The smallest absolute Gasteiger partial charge is 0.226 e. The Hall–Kier alpha value is -1.43. The maximum absolute atomic E-state index is 12.1. The molecule has 1 fully saturated rings. The van der Waals surface area contributed by atoms with Crippen molar-refractivity contribution in [2.45, 2.75) is 19.9 Å². The van der Waals surface area contributed by atoms with Gasteiger partial charge in [0.05, 0.1) is 22.5 Å². The Morgan fingerprint density at radius 2 is 2.09 bits per heavy atom. The van der Waals surface area contributed by atoms with Crippen LogP contribution in [0.2, 0.25) is 5.02 Å². The summed E-state index contributed by atoms with van der Waals surface area (Å²) >= 11 is 7.54. The number of hydrogen-bond donors (Lipinski definition) is 2. The zero-order valence-corrected chi connectivity index (χ0v) is 14.1. The first-order valence-corrected chi connectivity index (χ1v) is 8.48. The molecule has 2 aromatic rings. The third kappa shape index (κ3) is 3.16. The SMILES string of the molecule is Cc1nc(-c2ccc(Cl)cc2)sc1C(C)NC(=O)C1CNC1. The van der Waals surface area contributed by atoms with Gasteiger partial charge in [0.15, 0.2) is 0 Å². The molecule has 2 heterocycles. The summed E-state index contributed by atoms with van der Waals surface area (Å²) in [6.07, 6.45) is 0. The van der Waals surface area contributed by atoms with Crippen LogP contribution in [0.1, 0.15) is 23.5 Å². The second kappa shape index (κ2) is 6.36. The van der Waals surface area contributed by atoms with Gasteiger partial charge in [0.1, 0.15) is 5.01 Å². The molecule has 1 aromatic heterocycles. The van der Waals surface area contributed by atoms with Gasteiger partial charge in [-0.1, -0.05) is 23.7 Å². The van der Waals surface area contributed by atoms with Crippen molar-refractivity contribution in [1.29, 1.82) is 0 Å². The van der Waals surface area contributed by atoms with E-state index in [2.05, 4.69) is 15.6 Å². The molecule has 116 valence electrons. The quantitative estimate of drug-likeness (QED) is 0.902. The van der Waals surface area contributed by atoms with Crippen LogP contribution in [0.15, 0.2) is 24.3 Å². The summed E-state index contributed by atoms with van der Waals surface area (Å²) in [6, 6.07) is 7.64. The van der Waals surface area contributed by atoms with Crippen LogP contribution >= 0.6 is 22.9 Å². The van der Waals surface area contributed by atoms with Gasteiger partial charge in [0.2, 0.25) is 5.91 Å². The molecule has 3 rings (SSSR count). The minimum Gasteiger partial charge on any atom is -0.348 e. The number of benzene rings is 1. The Morgan fingerprint density at radius 3 is 2.68 bits per heavy atom. The van der Waals surface area contributed by atoms with Gasteiger partial charge < -0.3 is 10.6 Å². The van der Waals surface area contributed by atoms with Crippen molar-refractivity contribution in [2.75, 3.05) is 13.1 Å². The van der Waals surface area contributed by atoms with Crippen LogP contribution in [-0.2, 0) is 4.79 Å². The average molecular weight is 336 g/mol. The number of aromatic nitrogens is 1. The number of hydrogen-bond acceptors (Lipinski definition) is 4. The molecule has 0 bridgehead atoms. The largest absolute Gasteiger partial charge is 0.348 e. The van der Waals surface area contributed by atoms with E-state index in [1.165, 1.54) is 0 Å². The highest BCUT2D eigenvalue weighted by Gasteiger charge is 2.27. The van der Waals surface area contributed by atoms with E-state index >= 15 is 0 Å². The molecule has 0 radical (unpaired) electrons. The number of rotatable bonds is 4. The molecule has 22 heavy (non-hydrogen) atoms. The third-order valence-electron chi connectivity index (χ3n) is 3.83. The van der Waals surface area contributed by atoms with Gasteiger partial charge in [-0.25, -0.2) is 4.98 Å². The van der Waals surface area contributed by atoms with Crippen LogP contribution in [0, 0.1) is 12.8 Å². The first-order valence-electron chi connectivity index (χ1n) is 7.29. The van der Waals surface area contributed by atoms with Crippen molar-refractivity contribution >= 4 is 28.8 Å². The predicted molar refractivity (Wildman–Crippen MR) is 90.2 cm³/mol. The normalized spacial score (nSPS) is 16.1. The summed E-state index contributed by atoms with van der Waals surface area (Å²) in [7, 11) is 0. The second-order valence-corrected chi connectivity index (χ2v) is 7.03. The number of amides is 1. The lowest BCUT2D eigenvalue weighted by molar-refractivity contribution is -0.127. The zero-order chi connectivity index (χ0) is 15.7. The number of carbonyl (C=O) groups is 1. The van der Waals surface area contributed by atoms with E-state index in [-0.39, 0.29) is 17.9 Å². The zero-order valence-electron chi connectivity index (χ0n) is 12.5. The lowest BCUT2D eigenvalue weighted by Crippen LogP contribution is -2.51. The lowest BCUT2D eigenvalue weighted by Gasteiger charge is -2.27. The maximum Gasteiger partial charge on any atom is 0.226 e. The Balaban J connectivity index is 1.76. The van der Waals surface area contributed by atoms with E-state index in [4.69, 9.17) is 11.6 Å². The van der Waals surface area contributed by atoms with Crippen molar-refractivity contribution in [3.05, 3.63) is 39.9 Å². The monoisotopic (exact) mass is 335 g/mol. The molecule has 1 unspecified atom stereocenters. The van der Waals surface area contributed by atoms with Crippen molar-refractivity contribution in [1.82, 2.24) is 15.6 Å². The lowest BCUT2D eigenvalue weighted by atomic mass is 10.0. The van der Waals surface area contributed by atoms with Gasteiger partial charge in [-0.3, -0.25) is 4.79 Å². The van der Waals surface area contributed by atoms with Crippen molar-refractivity contribution in [2.24, 2.45) is 5.92 Å². The maximum atomic E-state index is 12.1. The van der Waals surface area contributed by atoms with E-state index < -0.39 is 0 Å². The fraction of sp³-hybridized carbons (Fsp3) is 0.375. The van der Waals surface area contributed by atoms with E-state index in [1.54, 1.807) is 11.3 Å². The van der Waals surface area contributed by atoms with Gasteiger partial charge in [0.25, 0.3) is 0 Å².